The first-order chi connectivity index (χ1) is 14.1. The Labute approximate surface area is 173 Å². The number of nitrogens with zero attached hydrogens (tertiary/aromatic N) is 2. The Morgan fingerprint density at radius 1 is 1.10 bits per heavy atom. The average Bonchev–Trinajstić information content (AvgIpc) is 3.38. The van der Waals surface area contributed by atoms with Gasteiger partial charge >= 0.3 is 0 Å². The van der Waals surface area contributed by atoms with Crippen LogP contribution in [0.4, 0.5) is 0 Å². The van der Waals surface area contributed by atoms with Crippen molar-refractivity contribution >= 4 is 22.8 Å². The van der Waals surface area contributed by atoms with Gasteiger partial charge in [0.1, 0.15) is 17.4 Å². The standard InChI is InChI=1S/C24H32N2O3/c1-3-21-19(18-12-7-8-14-22(18)29-21)16-25(2)24(28)20-13-9-15-26(20)23(27)17-10-5-4-6-11-17/h7-8,12,14,17,20H,3-6,9-11,13,15-16H2,1-2H3. The summed E-state index contributed by atoms with van der Waals surface area (Å²) in [6, 6.07) is 7.70. The fraction of sp³-hybridized carbons (Fsp3) is 0.583. The van der Waals surface area contributed by atoms with E-state index in [4.69, 9.17) is 4.42 Å². The smallest absolute Gasteiger partial charge is 0.245 e. The Morgan fingerprint density at radius 2 is 1.86 bits per heavy atom. The van der Waals surface area contributed by atoms with Crippen molar-refractivity contribution in [3.05, 3.63) is 35.6 Å². The molecule has 2 aromatic rings. The minimum atomic E-state index is -0.308. The fourth-order valence-corrected chi connectivity index (χ4v) is 5.05. The highest BCUT2D eigenvalue weighted by Crippen LogP contribution is 2.31. The highest BCUT2D eigenvalue weighted by atomic mass is 16.3. The third kappa shape index (κ3) is 3.92. The molecule has 2 heterocycles. The highest BCUT2D eigenvalue weighted by molar-refractivity contribution is 5.89. The van der Waals surface area contributed by atoms with Crippen LogP contribution in [0.3, 0.4) is 0 Å². The Morgan fingerprint density at radius 3 is 2.62 bits per heavy atom. The summed E-state index contributed by atoms with van der Waals surface area (Å²) in [6.45, 7) is 3.31. The number of para-hydroxylation sites is 1. The SMILES string of the molecule is CCc1oc2ccccc2c1CN(C)C(=O)C1CCCN1C(=O)C1CCCCC1. The predicted octanol–water partition coefficient (Wildman–Crippen LogP) is 4.52. The van der Waals surface area contributed by atoms with Crippen molar-refractivity contribution in [2.24, 2.45) is 5.92 Å². The number of benzene rings is 1. The van der Waals surface area contributed by atoms with Gasteiger partial charge in [0, 0.05) is 43.4 Å². The van der Waals surface area contributed by atoms with Crippen molar-refractivity contribution in [3.8, 4) is 0 Å². The molecule has 0 radical (unpaired) electrons. The second kappa shape index (κ2) is 8.60. The van der Waals surface area contributed by atoms with E-state index >= 15 is 0 Å². The van der Waals surface area contributed by atoms with Crippen molar-refractivity contribution in [1.29, 1.82) is 0 Å². The molecule has 4 rings (SSSR count). The number of amides is 2. The van der Waals surface area contributed by atoms with E-state index in [9.17, 15) is 9.59 Å². The minimum Gasteiger partial charge on any atom is -0.461 e. The summed E-state index contributed by atoms with van der Waals surface area (Å²) in [4.78, 5) is 30.0. The molecule has 0 N–H and O–H groups in total. The third-order valence-electron chi connectivity index (χ3n) is 6.65. The molecule has 0 bridgehead atoms. The maximum Gasteiger partial charge on any atom is 0.245 e. The highest BCUT2D eigenvalue weighted by Gasteiger charge is 2.38. The molecule has 5 heteroatoms. The van der Waals surface area contributed by atoms with Gasteiger partial charge in [0.05, 0.1) is 0 Å². The number of likely N-dealkylation sites (N-methyl/N-ethyl adjacent to an activating group) is 1. The second-order valence-electron chi connectivity index (χ2n) is 8.57. The van der Waals surface area contributed by atoms with Crippen molar-refractivity contribution in [3.63, 3.8) is 0 Å². The van der Waals surface area contributed by atoms with Crippen molar-refractivity contribution in [2.45, 2.75) is 70.9 Å². The first kappa shape index (κ1) is 20.0. The monoisotopic (exact) mass is 396 g/mol. The summed E-state index contributed by atoms with van der Waals surface area (Å²) in [5.41, 5.74) is 1.96. The van der Waals surface area contributed by atoms with Crippen LogP contribution in [0, 0.1) is 5.92 Å². The van der Waals surface area contributed by atoms with Gasteiger partial charge in [0.2, 0.25) is 11.8 Å². The van der Waals surface area contributed by atoms with E-state index in [2.05, 4.69) is 13.0 Å². The summed E-state index contributed by atoms with van der Waals surface area (Å²) < 4.78 is 5.99. The molecule has 1 aromatic carbocycles. The van der Waals surface area contributed by atoms with Crippen LogP contribution in [0.15, 0.2) is 28.7 Å². The van der Waals surface area contributed by atoms with Gasteiger partial charge in [0.25, 0.3) is 0 Å². The topological polar surface area (TPSA) is 53.8 Å². The van der Waals surface area contributed by atoms with Gasteiger partial charge < -0.3 is 14.2 Å². The normalized spacial score (nSPS) is 20.3. The van der Waals surface area contributed by atoms with E-state index in [0.717, 1.165) is 67.2 Å². The molecule has 2 amide bonds. The molecular formula is C24H32N2O3. The molecule has 1 saturated heterocycles. The molecule has 2 fully saturated rings. The molecule has 1 saturated carbocycles. The van der Waals surface area contributed by atoms with Crippen molar-refractivity contribution in [2.75, 3.05) is 13.6 Å². The predicted molar refractivity (Wildman–Crippen MR) is 113 cm³/mol. The molecule has 1 unspecified atom stereocenters. The maximum atomic E-state index is 13.3. The van der Waals surface area contributed by atoms with Gasteiger partial charge in [-0.3, -0.25) is 9.59 Å². The molecule has 1 atom stereocenters. The summed E-state index contributed by atoms with van der Waals surface area (Å²) >= 11 is 0. The molecule has 29 heavy (non-hydrogen) atoms. The van der Waals surface area contributed by atoms with Crippen LogP contribution in [0.1, 0.15) is 63.2 Å². The summed E-state index contributed by atoms with van der Waals surface area (Å²) in [5.74, 6) is 1.32. The van der Waals surface area contributed by atoms with E-state index in [-0.39, 0.29) is 23.8 Å². The first-order valence-corrected chi connectivity index (χ1v) is 11.1. The lowest BCUT2D eigenvalue weighted by Gasteiger charge is -2.32. The first-order valence-electron chi connectivity index (χ1n) is 11.1. The molecular weight excluding hydrogens is 364 g/mol. The van der Waals surface area contributed by atoms with E-state index in [1.165, 1.54) is 6.42 Å². The summed E-state index contributed by atoms with van der Waals surface area (Å²) in [5, 5.41) is 1.07. The second-order valence-corrected chi connectivity index (χ2v) is 8.57. The molecule has 1 aromatic heterocycles. The van der Waals surface area contributed by atoms with Crippen molar-refractivity contribution in [1.82, 2.24) is 9.80 Å². The van der Waals surface area contributed by atoms with Gasteiger partial charge in [-0.2, -0.15) is 0 Å². The van der Waals surface area contributed by atoms with Gasteiger partial charge in [-0.1, -0.05) is 44.4 Å². The number of hydrogen-bond acceptors (Lipinski definition) is 3. The zero-order valence-corrected chi connectivity index (χ0v) is 17.7. The summed E-state index contributed by atoms with van der Waals surface area (Å²) in [6.07, 6.45) is 7.94. The number of furan rings is 1. The Balaban J connectivity index is 1.49. The van der Waals surface area contributed by atoms with Crippen LogP contribution < -0.4 is 0 Å². The van der Waals surface area contributed by atoms with Crippen LogP contribution in [0.25, 0.3) is 11.0 Å². The Kier molecular flexibility index (Phi) is 5.93. The van der Waals surface area contributed by atoms with Gasteiger partial charge in [-0.05, 0) is 31.7 Å². The average molecular weight is 397 g/mol. The molecule has 2 aliphatic rings. The summed E-state index contributed by atoms with van der Waals surface area (Å²) in [7, 11) is 1.85. The number of fused-ring (bicyclic) bond motifs is 1. The number of carbonyl (C=O) groups is 2. The van der Waals surface area contributed by atoms with E-state index in [1.807, 2.05) is 30.1 Å². The fourth-order valence-electron chi connectivity index (χ4n) is 5.05. The van der Waals surface area contributed by atoms with Crippen LogP contribution in [0.2, 0.25) is 0 Å². The lowest BCUT2D eigenvalue weighted by Crippen LogP contribution is -2.48. The van der Waals surface area contributed by atoms with Gasteiger partial charge in [0.15, 0.2) is 0 Å². The maximum absolute atomic E-state index is 13.3. The Hall–Kier alpha value is -2.30. The lowest BCUT2D eigenvalue weighted by atomic mass is 9.88. The zero-order valence-electron chi connectivity index (χ0n) is 17.7. The van der Waals surface area contributed by atoms with Crippen LogP contribution in [0.5, 0.6) is 0 Å². The largest absolute Gasteiger partial charge is 0.461 e. The lowest BCUT2D eigenvalue weighted by molar-refractivity contribution is -0.146. The molecule has 156 valence electrons. The van der Waals surface area contributed by atoms with E-state index in [1.54, 1.807) is 4.90 Å². The molecule has 1 aliphatic carbocycles. The van der Waals surface area contributed by atoms with Gasteiger partial charge in [-0.25, -0.2) is 0 Å². The minimum absolute atomic E-state index is 0.0546. The van der Waals surface area contributed by atoms with Crippen molar-refractivity contribution < 1.29 is 14.0 Å². The quantitative estimate of drug-likeness (QED) is 0.746. The molecule has 5 nitrogen and oxygen atoms in total. The van der Waals surface area contributed by atoms with E-state index < -0.39 is 0 Å². The number of carbonyl (C=O) groups excluding carboxylic acids is 2. The number of hydrogen-bond donors (Lipinski definition) is 0. The van der Waals surface area contributed by atoms with Crippen LogP contribution in [-0.4, -0.2) is 41.2 Å². The number of rotatable bonds is 5. The van der Waals surface area contributed by atoms with Gasteiger partial charge in [-0.15, -0.1) is 0 Å². The zero-order chi connectivity index (χ0) is 20.4. The molecule has 0 spiro atoms. The number of likely N-dealkylation sites (tertiary alicyclic amines) is 1. The number of aryl methyl sites for hydroxylation is 1. The third-order valence-corrected chi connectivity index (χ3v) is 6.65. The van der Waals surface area contributed by atoms with Crippen LogP contribution >= 0.6 is 0 Å². The van der Waals surface area contributed by atoms with E-state index in [0.29, 0.717) is 13.1 Å². The Bertz CT molecular complexity index is 881. The van der Waals surface area contributed by atoms with Crippen LogP contribution in [-0.2, 0) is 22.6 Å². The molecule has 1 aliphatic heterocycles.